The summed E-state index contributed by atoms with van der Waals surface area (Å²) in [5.74, 6) is 0.130. The summed E-state index contributed by atoms with van der Waals surface area (Å²) >= 11 is 0. The molecular weight excluding hydrogens is 471 g/mol. The number of phosphoric acid groups is 2. The molecule has 0 aliphatic carbocycles. The molecule has 16 nitrogen and oxygen atoms in total. The van der Waals surface area contributed by atoms with Gasteiger partial charge in [-0.2, -0.15) is 0 Å². The number of aliphatic hydroxyl groups excluding tert-OH is 1. The first-order chi connectivity index (χ1) is 13.8. The summed E-state index contributed by atoms with van der Waals surface area (Å²) in [5, 5.41) is 10.1. The summed E-state index contributed by atoms with van der Waals surface area (Å²) in [5.41, 5.74) is 6.32. The molecule has 3 heterocycles. The highest BCUT2D eigenvalue weighted by Gasteiger charge is 2.37. The fourth-order valence-corrected chi connectivity index (χ4v) is 6.00. The van der Waals surface area contributed by atoms with Crippen LogP contribution in [0.15, 0.2) is 12.7 Å². The first-order valence-corrected chi connectivity index (χ1v) is 13.0. The lowest BCUT2D eigenvalue weighted by molar-refractivity contribution is -0.241. The summed E-state index contributed by atoms with van der Waals surface area (Å²) in [6, 6.07) is 0. The third-order valence-electron chi connectivity index (χ3n) is 3.75. The number of nitrogens with two attached hydrogens (primary N) is 1. The van der Waals surface area contributed by atoms with Gasteiger partial charge in [-0.3, -0.25) is 18.3 Å². The van der Waals surface area contributed by atoms with Gasteiger partial charge < -0.3 is 34.8 Å². The Hall–Kier alpha value is -1.28. The second-order valence-electron chi connectivity index (χ2n) is 6.17. The fraction of sp³-hybridized carbons (Fsp3) is 0.545. The Morgan fingerprint density at radius 1 is 1.27 bits per heavy atom. The number of anilines is 1. The number of nitrogens with zero attached hydrogens (tertiary/aromatic N) is 4. The largest absolute Gasteiger partial charge is 0.756 e. The summed E-state index contributed by atoms with van der Waals surface area (Å²) in [4.78, 5) is 43.8. The van der Waals surface area contributed by atoms with E-state index in [1.54, 1.807) is 0 Å². The van der Waals surface area contributed by atoms with E-state index in [0.29, 0.717) is 17.8 Å². The van der Waals surface area contributed by atoms with Gasteiger partial charge in [0.1, 0.15) is 24.2 Å². The van der Waals surface area contributed by atoms with Crippen molar-refractivity contribution in [3.05, 3.63) is 12.7 Å². The van der Waals surface area contributed by atoms with E-state index >= 15 is 0 Å². The maximum absolute atomic E-state index is 11.7. The second-order valence-corrected chi connectivity index (χ2v) is 11.1. The van der Waals surface area contributed by atoms with Crippen LogP contribution in [-0.4, -0.2) is 55.0 Å². The molecule has 4 unspecified atom stereocenters. The van der Waals surface area contributed by atoms with Crippen molar-refractivity contribution in [2.45, 2.75) is 24.9 Å². The maximum Gasteiger partial charge on any atom is 0.331 e. The Balaban J connectivity index is 1.64. The smallest absolute Gasteiger partial charge is 0.331 e. The molecule has 0 bridgehead atoms. The molecule has 1 aliphatic rings. The van der Waals surface area contributed by atoms with Crippen LogP contribution in [0.5, 0.6) is 0 Å². The van der Waals surface area contributed by atoms with Gasteiger partial charge in [0, 0.05) is 13.1 Å². The zero-order chi connectivity index (χ0) is 22.3. The fourth-order valence-electron chi connectivity index (χ4n) is 2.63. The number of phosphoric ester groups is 1. The van der Waals surface area contributed by atoms with Crippen LogP contribution in [0.2, 0.25) is 0 Å². The van der Waals surface area contributed by atoms with Crippen molar-refractivity contribution >= 4 is 40.2 Å². The molecule has 0 amide bonds. The van der Waals surface area contributed by atoms with Crippen molar-refractivity contribution in [3.63, 3.8) is 0 Å². The third-order valence-corrected chi connectivity index (χ3v) is 7.83. The van der Waals surface area contributed by atoms with Crippen molar-refractivity contribution in [1.82, 2.24) is 19.5 Å². The topological polar surface area (TPSA) is 244 Å². The molecule has 0 aromatic carbocycles. The lowest BCUT2D eigenvalue weighted by Crippen LogP contribution is -2.27. The predicted molar refractivity (Wildman–Crippen MR) is 93.4 cm³/mol. The second kappa shape index (κ2) is 8.34. The first kappa shape index (κ1) is 23.4. The van der Waals surface area contributed by atoms with E-state index in [2.05, 4.69) is 28.1 Å². The molecule has 3 rings (SSSR count). The Kier molecular flexibility index (Phi) is 6.50. The maximum atomic E-state index is 11.7. The number of ether oxygens (including phenoxy) is 1. The van der Waals surface area contributed by atoms with Gasteiger partial charge in [-0.15, -0.1) is 0 Å². The third kappa shape index (κ3) is 5.69. The molecule has 1 saturated heterocycles. The summed E-state index contributed by atoms with van der Waals surface area (Å²) < 4.78 is 52.8. The zero-order valence-electron chi connectivity index (χ0n) is 15.1. The molecule has 0 spiro atoms. The average Bonchev–Trinajstić information content (AvgIpc) is 3.14. The minimum Gasteiger partial charge on any atom is -0.756 e. The van der Waals surface area contributed by atoms with E-state index in [1.807, 2.05) is 0 Å². The normalized spacial score (nSPS) is 28.1. The molecule has 4 N–H and O–H groups in total. The molecule has 1 aliphatic heterocycles. The molecule has 168 valence electrons. The predicted octanol–water partition coefficient (Wildman–Crippen LogP) is -1.14. The van der Waals surface area contributed by atoms with Crippen LogP contribution >= 0.6 is 23.2 Å². The van der Waals surface area contributed by atoms with Gasteiger partial charge in [0.05, 0.1) is 19.0 Å². The number of aliphatic hydroxyl groups is 1. The number of aromatic nitrogens is 4. The van der Waals surface area contributed by atoms with Crippen LogP contribution in [0.25, 0.3) is 11.2 Å². The summed E-state index contributed by atoms with van der Waals surface area (Å²) in [7, 11) is -15.8. The van der Waals surface area contributed by atoms with Crippen molar-refractivity contribution in [3.8, 4) is 0 Å². The minimum absolute atomic E-state index is 0.0000980. The Bertz CT molecular complexity index is 1070. The average molecular weight is 487 g/mol. The molecule has 2 aromatic rings. The number of fused-ring (bicyclic) bond motifs is 1. The van der Waals surface area contributed by atoms with E-state index in [0.717, 1.165) is 0 Å². The minimum atomic E-state index is -5.70. The SMILES string of the molecule is CP(=O)(O)OP(=O)([O-])OP(=O)([O-])OC[C@H]1O[C@@H](n2cnc3c(N)ncnc32)CC1O. The Labute approximate surface area is 168 Å². The number of hydrogen-bond donors (Lipinski definition) is 3. The monoisotopic (exact) mass is 487 g/mol. The van der Waals surface area contributed by atoms with Crippen LogP contribution in [-0.2, 0) is 31.6 Å². The highest BCUT2D eigenvalue weighted by molar-refractivity contribution is 7.67. The number of imidazole rings is 1. The molecular formula is C11H16N5O11P3-2. The van der Waals surface area contributed by atoms with Crippen LogP contribution in [0, 0.1) is 0 Å². The van der Waals surface area contributed by atoms with Gasteiger partial charge in [-0.25, -0.2) is 23.6 Å². The van der Waals surface area contributed by atoms with E-state index in [4.69, 9.17) is 15.4 Å². The molecule has 19 heteroatoms. The van der Waals surface area contributed by atoms with E-state index in [1.165, 1.54) is 17.2 Å². The highest BCUT2D eigenvalue weighted by atomic mass is 31.3. The standard InChI is InChI=1S/C11H18N5O11P3/c1-28(18,19)26-30(22,23)27-29(20,21)24-3-7-6(17)2-8(25-7)16-5-15-9-10(12)13-4-14-11(9)16/h4-8,17H,2-3H2,1H3,(H,18,19)(H,20,21)(H,22,23)(H2,12,13,14)/p-2/t6?,7-,8-/m1/s1. The number of nitrogen functional groups attached to an aromatic ring is 1. The summed E-state index contributed by atoms with van der Waals surface area (Å²) in [6.07, 6.45) is -0.650. The van der Waals surface area contributed by atoms with Crippen LogP contribution in [0.1, 0.15) is 12.6 Å². The van der Waals surface area contributed by atoms with Crippen molar-refractivity contribution in [2.24, 2.45) is 0 Å². The van der Waals surface area contributed by atoms with Gasteiger partial charge >= 0.3 is 7.60 Å². The van der Waals surface area contributed by atoms with Gasteiger partial charge in [-0.05, 0) is 0 Å². The molecule has 1 fully saturated rings. The lowest BCUT2D eigenvalue weighted by atomic mass is 10.2. The van der Waals surface area contributed by atoms with Crippen molar-refractivity contribution in [2.75, 3.05) is 19.0 Å². The van der Waals surface area contributed by atoms with Crippen LogP contribution in [0.4, 0.5) is 5.82 Å². The molecule has 0 saturated carbocycles. The van der Waals surface area contributed by atoms with Gasteiger partial charge in [0.15, 0.2) is 11.5 Å². The molecule has 30 heavy (non-hydrogen) atoms. The summed E-state index contributed by atoms with van der Waals surface area (Å²) in [6.45, 7) is -0.302. The van der Waals surface area contributed by atoms with Crippen molar-refractivity contribution < 1.29 is 51.4 Å². The van der Waals surface area contributed by atoms with E-state index in [9.17, 15) is 28.6 Å². The molecule has 6 atom stereocenters. The lowest BCUT2D eigenvalue weighted by Gasteiger charge is -2.31. The van der Waals surface area contributed by atoms with Gasteiger partial charge in [0.2, 0.25) is 0 Å². The Morgan fingerprint density at radius 3 is 2.63 bits per heavy atom. The zero-order valence-corrected chi connectivity index (χ0v) is 17.8. The van der Waals surface area contributed by atoms with Crippen molar-refractivity contribution in [1.29, 1.82) is 0 Å². The number of hydrogen-bond acceptors (Lipinski definition) is 14. The van der Waals surface area contributed by atoms with Gasteiger partial charge in [-0.1, -0.05) is 0 Å². The van der Waals surface area contributed by atoms with Gasteiger partial charge in [0.25, 0.3) is 15.6 Å². The van der Waals surface area contributed by atoms with E-state index in [-0.39, 0.29) is 12.2 Å². The van der Waals surface area contributed by atoms with E-state index < -0.39 is 48.3 Å². The first-order valence-electron chi connectivity index (χ1n) is 8.02. The molecule has 2 aromatic heterocycles. The van der Waals surface area contributed by atoms with Crippen LogP contribution in [0.3, 0.4) is 0 Å². The Morgan fingerprint density at radius 2 is 1.97 bits per heavy atom. The molecule has 0 radical (unpaired) electrons. The quantitative estimate of drug-likeness (QED) is 0.372. The number of rotatable bonds is 8. The highest BCUT2D eigenvalue weighted by Crippen LogP contribution is 2.62. The van der Waals surface area contributed by atoms with Crippen LogP contribution < -0.4 is 15.5 Å².